The Morgan fingerprint density at radius 3 is 1.05 bits per heavy atom. The van der Waals surface area contributed by atoms with Crippen LogP contribution < -0.4 is 186 Å². The van der Waals surface area contributed by atoms with Crippen LogP contribution in [-0.2, 0) is 28.8 Å². The van der Waals surface area contributed by atoms with E-state index in [0.29, 0.717) is 45.6 Å². The van der Waals surface area contributed by atoms with E-state index in [0.717, 1.165) is 32.9 Å². The van der Waals surface area contributed by atoms with Gasteiger partial charge in [-0.25, -0.2) is 0 Å². The molecule has 0 bridgehead atoms. The fraction of sp³-hybridized carbons (Fsp3) is 0.296. The van der Waals surface area contributed by atoms with Crippen LogP contribution in [0.2, 0.25) is 0 Å². The molecule has 24 nitrogen and oxygen atoms in total. The van der Waals surface area contributed by atoms with Crippen LogP contribution in [0.1, 0.15) is 70.5 Å². The number of fused-ring (bicyclic) bond motifs is 2. The molecule has 8 aromatic carbocycles. The second-order valence-corrected chi connectivity index (χ2v) is 21.8. The van der Waals surface area contributed by atoms with E-state index in [1.165, 1.54) is 34.9 Å². The van der Waals surface area contributed by atoms with Crippen molar-refractivity contribution in [2.24, 2.45) is 82.2 Å². The van der Waals surface area contributed by atoms with E-state index in [9.17, 15) is 54.3 Å². The van der Waals surface area contributed by atoms with Gasteiger partial charge in [0.2, 0.25) is 5.91 Å². The van der Waals surface area contributed by atoms with Gasteiger partial charge in [-0.05, 0) is 141 Å². The maximum Gasteiger partial charge on any atom is 1.00 e. The third-order valence-electron chi connectivity index (χ3n) is 15.2. The number of nitrogens with one attached hydrogen (secondary N) is 1. The summed E-state index contributed by atoms with van der Waals surface area (Å²) in [6.07, 6.45) is -0.788. The topological polar surface area (TPSA) is 389 Å². The number of nitrogens with two attached hydrogens (primary N) is 1. The van der Waals surface area contributed by atoms with Crippen LogP contribution in [0.3, 0.4) is 0 Å². The number of hydrogen-bond acceptors (Lipinski definition) is 18. The third-order valence-corrected chi connectivity index (χ3v) is 15.2. The van der Waals surface area contributed by atoms with Gasteiger partial charge in [-0.2, -0.15) is 70.3 Å². The fourth-order valence-corrected chi connectivity index (χ4v) is 9.76. The summed E-state index contributed by atoms with van der Waals surface area (Å²) in [5, 5.41) is 90.7. The first-order valence-corrected chi connectivity index (χ1v) is 30.7. The first kappa shape index (κ1) is 102. The maximum absolute atomic E-state index is 12.4. The number of hydrogen-bond donors (Lipinski definition) is 7. The molecule has 12 unspecified atom stereocenters. The monoisotopic (exact) mass is 1550 g/mol. The molecule has 1 amide bonds. The normalized spacial score (nSPS) is 12.8. The number of amides is 1. The van der Waals surface area contributed by atoms with Crippen molar-refractivity contribution in [1.82, 2.24) is 5.32 Å². The fourth-order valence-electron chi connectivity index (χ4n) is 9.76. The number of carboxylic acids is 5. The maximum atomic E-state index is 12.4. The van der Waals surface area contributed by atoms with Crippen molar-refractivity contribution in [2.75, 3.05) is 21.1 Å². The van der Waals surface area contributed by atoms with Crippen molar-refractivity contribution in [3.8, 4) is 11.5 Å². The predicted molar refractivity (Wildman–Crippen MR) is 407 cm³/mol. The average molecular weight is 1550 g/mol. The van der Waals surface area contributed by atoms with Crippen molar-refractivity contribution < 1.29 is 228 Å². The van der Waals surface area contributed by atoms with Gasteiger partial charge in [0.1, 0.15) is 22.9 Å². The molecule has 0 aromatic heterocycles. The van der Waals surface area contributed by atoms with Gasteiger partial charge in [0.25, 0.3) is 0 Å². The zero-order valence-corrected chi connectivity index (χ0v) is 74.9. The number of nitrogens with zero attached hydrogens (tertiary/aromatic N) is 8. The number of ether oxygens (including phenoxy) is 2. The van der Waals surface area contributed by atoms with Crippen LogP contribution in [0, 0.1) is 35.5 Å². The SMILES string of the molecule is CC(CC(CCC(C(=O)O)C(C)C(=O)O)Oc1ccc2ccccc2c1N=Nc1ccc(N=Nc2ccccc2)cc1)C(=O)O.CN.CNC(=O)C(C)CC(CCC(C(=O)[O-])C(C)C(=O)O)Oc1ccc2ccccc2c1N=Nc1ccc(N=Nc2ccccc2)cc1.C[NH3+].P.P.P.P.[H-].[H-].[H-].[K+].[K+].[K+]. The quantitative estimate of drug-likeness (QED) is 0.0159. The second-order valence-electron chi connectivity index (χ2n) is 21.8. The summed E-state index contributed by atoms with van der Waals surface area (Å²) in [4.78, 5) is 70.8. The number of rotatable bonds is 30. The molecular formula is C71H96K3N11O13P4. The molecule has 12 atom stereocenters. The molecule has 536 valence electrons. The van der Waals surface area contributed by atoms with Crippen LogP contribution in [0.5, 0.6) is 11.5 Å². The minimum Gasteiger partial charge on any atom is -1.00 e. The van der Waals surface area contributed by atoms with Crippen LogP contribution in [0.25, 0.3) is 21.5 Å². The Balaban J connectivity index is -0.000000408. The van der Waals surface area contributed by atoms with Crippen molar-refractivity contribution in [3.63, 3.8) is 0 Å². The van der Waals surface area contributed by atoms with Gasteiger partial charge in [0, 0.05) is 35.6 Å². The Kier molecular flexibility index (Phi) is 55.0. The van der Waals surface area contributed by atoms with Crippen LogP contribution in [0.4, 0.5) is 45.5 Å². The molecule has 8 aromatic rings. The molecule has 31 heteroatoms. The Morgan fingerprint density at radius 2 is 0.725 bits per heavy atom. The Bertz CT molecular complexity index is 3980. The van der Waals surface area contributed by atoms with E-state index >= 15 is 0 Å². The third kappa shape index (κ3) is 33.6. The van der Waals surface area contributed by atoms with E-state index in [-0.39, 0.29) is 242 Å². The molecule has 8 rings (SSSR count). The number of carbonyl (C=O) groups excluding carboxylic acids is 2. The van der Waals surface area contributed by atoms with E-state index in [1.54, 1.807) is 74.6 Å². The smallest absolute Gasteiger partial charge is 1.00 e. The van der Waals surface area contributed by atoms with Crippen molar-refractivity contribution in [2.45, 2.75) is 78.4 Å². The molecule has 0 saturated heterocycles. The second kappa shape index (κ2) is 55.1. The summed E-state index contributed by atoms with van der Waals surface area (Å²) in [7, 11) is 4.79. The van der Waals surface area contributed by atoms with Gasteiger partial charge in [-0.1, -0.05) is 125 Å². The minimum atomic E-state index is -1.44. The summed E-state index contributed by atoms with van der Waals surface area (Å²) >= 11 is 0. The molecule has 10 N–H and O–H groups in total. The summed E-state index contributed by atoms with van der Waals surface area (Å²) in [5.74, 6) is -11.6. The zero-order valence-electron chi connectivity index (χ0n) is 62.8. The molecule has 0 aliphatic rings. The number of azo groups is 4. The van der Waals surface area contributed by atoms with Gasteiger partial charge in [-0.15, -0.1) is 10.2 Å². The average Bonchev–Trinajstić information content (AvgIpc) is 0.805. The van der Waals surface area contributed by atoms with Crippen LogP contribution in [-0.4, -0.2) is 89.5 Å². The Morgan fingerprint density at radius 1 is 0.422 bits per heavy atom. The standard InChI is InChI=1S/C35H37N5O6.C34H34N4O7.2CH5N.3K.4H3P.3H/c1-22(33(41)36-3)21-28(18-19-29(35(44)45)23(2)34(42)43)46-31-20-13-24-9-7-8-12-30(24)32(31)40-39-27-16-14-26(15-17-27)38-37-25-10-5-4-6-11-25;1-21(32(39)40)20-27(17-18-28(34(43)44)22(2)33(41)42)45-30-19-12-23-8-6-7-11-29(23)31(30)38-37-26-15-13-25(14-16-26)36-35-24-9-4-3-5-10-24;2*1-2;;;;;;;;;;/h4-17,20,22-23,28-29H,18-19,21H2,1-3H3,(H,36,41)(H,42,43)(H,44,45);3-16,19,21-22,27-28H,17-18,20H2,1-2H3,(H,39,40)(H,41,42)(H,43,44);2*2H2,1H3;;;;4*1H3;;;/q;;;;3*+1;;;;;3*-1. The van der Waals surface area contributed by atoms with Gasteiger partial charge < -0.3 is 60.9 Å². The molecule has 0 aliphatic carbocycles. The van der Waals surface area contributed by atoms with E-state index in [2.05, 4.69) is 57.7 Å². The summed E-state index contributed by atoms with van der Waals surface area (Å²) < 4.78 is 12.8. The van der Waals surface area contributed by atoms with Gasteiger partial charge in [0.05, 0.1) is 77.1 Å². The Hall–Kier alpha value is -4.35. The number of carbonyl (C=O) groups is 6. The first-order chi connectivity index (χ1) is 45.8. The van der Waals surface area contributed by atoms with Crippen LogP contribution >= 0.6 is 39.6 Å². The Labute approximate surface area is 740 Å². The van der Waals surface area contributed by atoms with Crippen molar-refractivity contribution >= 4 is 142 Å². The van der Waals surface area contributed by atoms with Gasteiger partial charge in [-0.3, -0.25) is 24.0 Å². The van der Waals surface area contributed by atoms with E-state index in [1.807, 2.05) is 121 Å². The number of carboxylic acid groups (broad SMARTS) is 5. The molecule has 0 spiro atoms. The number of aliphatic carboxylic acids is 5. The molecule has 0 fully saturated rings. The largest absolute Gasteiger partial charge is 1.00 e. The van der Waals surface area contributed by atoms with Gasteiger partial charge >= 0.3 is 178 Å². The molecule has 102 heavy (non-hydrogen) atoms. The van der Waals surface area contributed by atoms with Crippen molar-refractivity contribution in [1.29, 1.82) is 0 Å². The molecular weight excluding hydrogens is 1460 g/mol. The van der Waals surface area contributed by atoms with Crippen LogP contribution in [0.15, 0.2) is 223 Å². The predicted octanol–water partition coefficient (Wildman–Crippen LogP) is 5.80. The minimum absolute atomic E-state index is 0. The van der Waals surface area contributed by atoms with E-state index in [4.69, 9.17) is 9.47 Å². The number of quaternary nitrogens is 1. The summed E-state index contributed by atoms with van der Waals surface area (Å²) in [6.45, 7) is 5.97. The molecule has 0 saturated carbocycles. The van der Waals surface area contributed by atoms with E-state index < -0.39 is 77.6 Å². The van der Waals surface area contributed by atoms with Crippen molar-refractivity contribution in [3.05, 3.63) is 182 Å². The first-order valence-electron chi connectivity index (χ1n) is 30.7. The van der Waals surface area contributed by atoms with Gasteiger partial charge in [0.15, 0.2) is 0 Å². The molecule has 0 aliphatic heterocycles. The zero-order chi connectivity index (χ0) is 69.4. The summed E-state index contributed by atoms with van der Waals surface area (Å²) in [5.41, 5.74) is 12.5. The molecule has 0 heterocycles. The summed E-state index contributed by atoms with van der Waals surface area (Å²) in [6, 6.07) is 55.3. The number of benzene rings is 8. The molecule has 0 radical (unpaired) electrons.